The number of carbonyl (C=O) groups excluding carboxylic acids is 1. The van der Waals surface area contributed by atoms with Crippen LogP contribution in [0.5, 0.6) is 0 Å². The first kappa shape index (κ1) is 22.7. The molecule has 2 aliphatic heterocycles. The van der Waals surface area contributed by atoms with Gasteiger partial charge in [0.1, 0.15) is 29.4 Å². The number of alkyl halides is 3. The number of aromatic nitrogens is 4. The van der Waals surface area contributed by atoms with Crippen LogP contribution in [0.4, 0.5) is 19.0 Å². The van der Waals surface area contributed by atoms with E-state index in [4.69, 9.17) is 10.8 Å². The zero-order valence-corrected chi connectivity index (χ0v) is 19.1. The Bertz CT molecular complexity index is 1410. The number of nitrogens with one attached hydrogen (secondary N) is 2. The first-order valence-electron chi connectivity index (χ1n) is 11.8. The number of benzene rings is 1. The Kier molecular flexibility index (Phi) is 5.29. The molecule has 2 bridgehead atoms. The minimum absolute atomic E-state index is 0.00645. The number of rotatable bonds is 3. The maximum absolute atomic E-state index is 12.9. The molecule has 1 saturated heterocycles. The number of carbonyl (C=O) groups is 1. The summed E-state index contributed by atoms with van der Waals surface area (Å²) in [4.78, 5) is 24.9. The van der Waals surface area contributed by atoms with E-state index < -0.39 is 17.8 Å². The molecule has 1 saturated carbocycles. The maximum Gasteiger partial charge on any atom is 0.433 e. The van der Waals surface area contributed by atoms with Crippen LogP contribution < -0.4 is 16.4 Å². The molecule has 1 amide bonds. The minimum atomic E-state index is -4.55. The van der Waals surface area contributed by atoms with Gasteiger partial charge in [0.15, 0.2) is 5.65 Å². The molecule has 186 valence electrons. The Balaban J connectivity index is 1.28. The topological polar surface area (TPSA) is 123 Å². The fraction of sp³-hybridized carbons (Fsp3) is 0.375. The van der Waals surface area contributed by atoms with Crippen molar-refractivity contribution in [2.75, 3.05) is 12.3 Å². The highest BCUT2D eigenvalue weighted by atomic mass is 19.4. The largest absolute Gasteiger partial charge is 0.433 e. The van der Waals surface area contributed by atoms with Gasteiger partial charge in [0.2, 0.25) is 0 Å². The third kappa shape index (κ3) is 3.91. The number of aliphatic imine (C=N–C) groups is 1. The lowest BCUT2D eigenvalue weighted by molar-refractivity contribution is -0.0928. The zero-order chi connectivity index (χ0) is 25.0. The quantitative estimate of drug-likeness (QED) is 0.511. The van der Waals surface area contributed by atoms with Gasteiger partial charge < -0.3 is 16.4 Å². The van der Waals surface area contributed by atoms with Crippen molar-refractivity contribution in [1.82, 2.24) is 30.4 Å². The molecule has 3 aliphatic rings. The number of hydrogen-bond acceptors (Lipinski definition) is 7. The highest BCUT2D eigenvalue weighted by Gasteiger charge is 2.42. The van der Waals surface area contributed by atoms with E-state index in [2.05, 4.69) is 25.6 Å². The van der Waals surface area contributed by atoms with Gasteiger partial charge in [-0.15, -0.1) is 0 Å². The molecule has 4 heterocycles. The average Bonchev–Trinajstić information content (AvgIpc) is 3.59. The molecule has 0 spiro atoms. The van der Waals surface area contributed by atoms with E-state index >= 15 is 0 Å². The minimum Gasteiger partial charge on any atom is -0.383 e. The second-order valence-electron chi connectivity index (χ2n) is 9.39. The monoisotopic (exact) mass is 496 g/mol. The summed E-state index contributed by atoms with van der Waals surface area (Å²) in [5.74, 6) is 0.405. The number of anilines is 1. The number of piperidine rings is 1. The smallest absolute Gasteiger partial charge is 0.383 e. The summed E-state index contributed by atoms with van der Waals surface area (Å²) >= 11 is 0. The van der Waals surface area contributed by atoms with E-state index in [0.29, 0.717) is 34.5 Å². The van der Waals surface area contributed by atoms with Gasteiger partial charge in [-0.1, -0.05) is 18.2 Å². The first-order chi connectivity index (χ1) is 17.3. The molecule has 4 N–H and O–H groups in total. The van der Waals surface area contributed by atoms with Gasteiger partial charge in [0.05, 0.1) is 11.4 Å². The van der Waals surface area contributed by atoms with E-state index in [9.17, 15) is 18.0 Å². The summed E-state index contributed by atoms with van der Waals surface area (Å²) in [7, 11) is 0. The summed E-state index contributed by atoms with van der Waals surface area (Å²) in [5.41, 5.74) is 7.53. The Morgan fingerprint density at radius 3 is 2.67 bits per heavy atom. The van der Waals surface area contributed by atoms with Crippen LogP contribution in [-0.2, 0) is 0 Å². The summed E-state index contributed by atoms with van der Waals surface area (Å²) in [5, 5.41) is 11.6. The Morgan fingerprint density at radius 1 is 1.17 bits per heavy atom. The third-order valence-corrected chi connectivity index (χ3v) is 7.07. The summed E-state index contributed by atoms with van der Waals surface area (Å²) in [6.45, 7) is 1.02. The van der Waals surface area contributed by atoms with Gasteiger partial charge in [0, 0.05) is 23.6 Å². The molecule has 3 aromatic rings. The predicted octanol–water partition coefficient (Wildman–Crippen LogP) is 3.37. The molecule has 12 heteroatoms. The van der Waals surface area contributed by atoms with Gasteiger partial charge in [-0.3, -0.25) is 4.79 Å². The van der Waals surface area contributed by atoms with Gasteiger partial charge >= 0.3 is 6.18 Å². The SMILES string of the molecule is Nc1ncnc2c1c(-c1ccc(C(=O)NC3=NC(C(F)(F)F)=CCC3)cc1)nn2C1CC2CNC1C2. The van der Waals surface area contributed by atoms with Crippen LogP contribution in [0.25, 0.3) is 22.3 Å². The fourth-order valence-corrected chi connectivity index (χ4v) is 5.37. The van der Waals surface area contributed by atoms with E-state index in [1.807, 2.05) is 4.68 Å². The lowest BCUT2D eigenvalue weighted by Crippen LogP contribution is -2.35. The van der Waals surface area contributed by atoms with Crippen molar-refractivity contribution < 1.29 is 18.0 Å². The number of nitrogen functional groups attached to an aromatic ring is 1. The number of nitrogens with zero attached hydrogens (tertiary/aromatic N) is 5. The lowest BCUT2D eigenvalue weighted by Gasteiger charge is -2.23. The van der Waals surface area contributed by atoms with Crippen molar-refractivity contribution in [3.8, 4) is 11.3 Å². The molecule has 1 aliphatic carbocycles. The maximum atomic E-state index is 12.9. The van der Waals surface area contributed by atoms with E-state index in [0.717, 1.165) is 31.0 Å². The number of fused-ring (bicyclic) bond motifs is 3. The van der Waals surface area contributed by atoms with Crippen molar-refractivity contribution in [3.05, 3.63) is 47.9 Å². The molecular weight excluding hydrogens is 473 g/mol. The second kappa shape index (κ2) is 8.40. The standard InChI is InChI=1S/C24H23F3N8O/c25-24(26,27)17-2-1-3-18(32-17)33-23(36)14-6-4-13(5-7-14)20-19-21(28)30-11-31-22(19)35(34-20)16-9-12-8-15(16)29-10-12/h2,4-7,11-12,15-16,29H,1,3,8-10H2,(H2,28,30,31)(H,32,33,36). The van der Waals surface area contributed by atoms with Crippen molar-refractivity contribution in [1.29, 1.82) is 0 Å². The zero-order valence-electron chi connectivity index (χ0n) is 19.1. The first-order valence-corrected chi connectivity index (χ1v) is 11.8. The van der Waals surface area contributed by atoms with Crippen LogP contribution >= 0.6 is 0 Å². The van der Waals surface area contributed by atoms with Gasteiger partial charge in [-0.2, -0.15) is 18.3 Å². The highest BCUT2D eigenvalue weighted by molar-refractivity contribution is 6.07. The van der Waals surface area contributed by atoms with Crippen molar-refractivity contribution in [3.63, 3.8) is 0 Å². The van der Waals surface area contributed by atoms with Crippen LogP contribution in [0.15, 0.2) is 47.4 Å². The molecule has 2 aromatic heterocycles. The Labute approximate surface area is 203 Å². The molecule has 0 radical (unpaired) electrons. The van der Waals surface area contributed by atoms with Crippen LogP contribution in [0, 0.1) is 5.92 Å². The van der Waals surface area contributed by atoms with Crippen molar-refractivity contribution in [2.24, 2.45) is 10.9 Å². The Hall–Kier alpha value is -3.80. The van der Waals surface area contributed by atoms with E-state index in [1.165, 1.54) is 6.33 Å². The Morgan fingerprint density at radius 2 is 1.97 bits per heavy atom. The number of allylic oxidation sites excluding steroid dienone is 2. The molecule has 2 fully saturated rings. The highest BCUT2D eigenvalue weighted by Crippen LogP contribution is 2.42. The summed E-state index contributed by atoms with van der Waals surface area (Å²) in [6.07, 6.45) is 0.415. The number of hydrogen-bond donors (Lipinski definition) is 3. The third-order valence-electron chi connectivity index (χ3n) is 7.07. The summed E-state index contributed by atoms with van der Waals surface area (Å²) < 4.78 is 40.8. The van der Waals surface area contributed by atoms with Crippen molar-refractivity contribution >= 4 is 28.6 Å². The van der Waals surface area contributed by atoms with E-state index in [1.54, 1.807) is 24.3 Å². The molecular formula is C24H23F3N8O. The predicted molar refractivity (Wildman–Crippen MR) is 127 cm³/mol. The number of amides is 1. The normalized spacial score (nSPS) is 23.6. The van der Waals surface area contributed by atoms with E-state index in [-0.39, 0.29) is 30.3 Å². The van der Waals surface area contributed by atoms with Crippen LogP contribution in [0.2, 0.25) is 0 Å². The number of halogens is 3. The number of amidine groups is 1. The summed E-state index contributed by atoms with van der Waals surface area (Å²) in [6, 6.07) is 7.17. The molecule has 3 unspecified atom stereocenters. The van der Waals surface area contributed by atoms with Gasteiger partial charge in [0.25, 0.3) is 5.91 Å². The number of nitrogens with two attached hydrogens (primary N) is 1. The van der Waals surface area contributed by atoms with Gasteiger partial charge in [-0.05, 0) is 43.9 Å². The fourth-order valence-electron chi connectivity index (χ4n) is 5.37. The van der Waals surface area contributed by atoms with Crippen LogP contribution in [0.1, 0.15) is 42.1 Å². The molecule has 1 aromatic carbocycles. The van der Waals surface area contributed by atoms with Gasteiger partial charge in [-0.25, -0.2) is 19.6 Å². The molecule has 9 nitrogen and oxygen atoms in total. The van der Waals surface area contributed by atoms with Crippen LogP contribution in [0.3, 0.4) is 0 Å². The second-order valence-corrected chi connectivity index (χ2v) is 9.39. The molecule has 3 atom stereocenters. The average molecular weight is 496 g/mol. The van der Waals surface area contributed by atoms with Crippen LogP contribution in [-0.4, -0.2) is 50.3 Å². The molecule has 6 rings (SSSR count). The molecule has 36 heavy (non-hydrogen) atoms. The lowest BCUT2D eigenvalue weighted by atomic mass is 10.1. The van der Waals surface area contributed by atoms with Crippen molar-refractivity contribution in [2.45, 2.75) is 43.9 Å².